The third-order valence-electron chi connectivity index (χ3n) is 2.90. The van der Waals surface area contributed by atoms with E-state index >= 15 is 0 Å². The number of hydrogen-bond donors (Lipinski definition) is 1. The Balaban J connectivity index is 2.32. The van der Waals surface area contributed by atoms with Crippen LogP contribution in [0.25, 0.3) is 5.76 Å². The number of fused-ring (bicyclic) bond motifs is 1. The highest BCUT2D eigenvalue weighted by Gasteiger charge is 2.18. The summed E-state index contributed by atoms with van der Waals surface area (Å²) < 4.78 is 7.86. The number of ether oxygens (including phenoxy) is 1. The minimum absolute atomic E-state index is 0.566. The molecule has 1 aliphatic rings. The van der Waals surface area contributed by atoms with E-state index in [0.29, 0.717) is 13.2 Å². The Bertz CT molecular complexity index is 391. The molecule has 0 saturated carbocycles. The Hall–Kier alpha value is -1.22. The van der Waals surface area contributed by atoms with Crippen LogP contribution in [0.2, 0.25) is 0 Å². The van der Waals surface area contributed by atoms with Crippen molar-refractivity contribution in [3.8, 4) is 0 Å². The van der Waals surface area contributed by atoms with Gasteiger partial charge in [0.1, 0.15) is 12.4 Å². The summed E-state index contributed by atoms with van der Waals surface area (Å²) in [6.07, 6.45) is 4.35. The molecule has 0 saturated heterocycles. The lowest BCUT2D eigenvalue weighted by Crippen LogP contribution is -2.11. The standard InChI is InChI=1S/C12H18N2O/c1-9-8-10-4-3-5-11(15-7-6-13)12(10)14(9)2/h5,8H,3-4,6-7,13H2,1-2H3. The fourth-order valence-corrected chi connectivity index (χ4v) is 2.07. The molecule has 82 valence electrons. The first-order chi connectivity index (χ1) is 7.24. The SMILES string of the molecule is Cc1cc2c(n1C)C(OCCN)=CCC2. The predicted octanol–water partition coefficient (Wildman–Crippen LogP) is 1.60. The van der Waals surface area contributed by atoms with Crippen LogP contribution in [0.3, 0.4) is 0 Å². The molecule has 1 aromatic rings. The predicted molar refractivity (Wildman–Crippen MR) is 61.5 cm³/mol. The van der Waals surface area contributed by atoms with Crippen LogP contribution < -0.4 is 5.73 Å². The highest BCUT2D eigenvalue weighted by Crippen LogP contribution is 2.29. The van der Waals surface area contributed by atoms with Crippen molar-refractivity contribution in [1.82, 2.24) is 4.57 Å². The van der Waals surface area contributed by atoms with Crippen molar-refractivity contribution in [2.24, 2.45) is 12.8 Å². The smallest absolute Gasteiger partial charge is 0.139 e. The summed E-state index contributed by atoms with van der Waals surface area (Å²) in [5.41, 5.74) is 9.35. The molecule has 2 rings (SSSR count). The quantitative estimate of drug-likeness (QED) is 0.816. The molecule has 1 aromatic heterocycles. The number of nitrogens with zero attached hydrogens (tertiary/aromatic N) is 1. The van der Waals surface area contributed by atoms with Gasteiger partial charge in [-0.25, -0.2) is 0 Å². The van der Waals surface area contributed by atoms with Gasteiger partial charge in [-0.1, -0.05) is 0 Å². The molecule has 0 spiro atoms. The van der Waals surface area contributed by atoms with E-state index in [0.717, 1.165) is 18.6 Å². The summed E-state index contributed by atoms with van der Waals surface area (Å²) in [4.78, 5) is 0. The summed E-state index contributed by atoms with van der Waals surface area (Å²) in [6.45, 7) is 3.28. The van der Waals surface area contributed by atoms with E-state index in [1.54, 1.807) is 0 Å². The maximum Gasteiger partial charge on any atom is 0.139 e. The Labute approximate surface area is 90.5 Å². The van der Waals surface area contributed by atoms with E-state index in [4.69, 9.17) is 10.5 Å². The Morgan fingerprint density at radius 3 is 3.07 bits per heavy atom. The zero-order valence-corrected chi connectivity index (χ0v) is 9.42. The zero-order chi connectivity index (χ0) is 10.8. The van der Waals surface area contributed by atoms with Gasteiger partial charge in [0, 0.05) is 19.3 Å². The van der Waals surface area contributed by atoms with Crippen LogP contribution in [0, 0.1) is 6.92 Å². The molecule has 0 fully saturated rings. The van der Waals surface area contributed by atoms with Crippen LogP contribution in [0.5, 0.6) is 0 Å². The van der Waals surface area contributed by atoms with Gasteiger partial charge in [0.15, 0.2) is 0 Å². The third kappa shape index (κ3) is 1.79. The number of rotatable bonds is 3. The summed E-state index contributed by atoms with van der Waals surface area (Å²) in [7, 11) is 2.08. The topological polar surface area (TPSA) is 40.2 Å². The highest BCUT2D eigenvalue weighted by molar-refractivity contribution is 5.63. The van der Waals surface area contributed by atoms with Crippen molar-refractivity contribution in [1.29, 1.82) is 0 Å². The van der Waals surface area contributed by atoms with E-state index in [2.05, 4.69) is 30.7 Å². The molecule has 15 heavy (non-hydrogen) atoms. The number of allylic oxidation sites excluding steroid dienone is 1. The number of nitrogens with two attached hydrogens (primary N) is 1. The van der Waals surface area contributed by atoms with E-state index in [-0.39, 0.29) is 0 Å². The molecule has 3 heteroatoms. The van der Waals surface area contributed by atoms with Crippen molar-refractivity contribution in [2.75, 3.05) is 13.2 Å². The van der Waals surface area contributed by atoms with Crippen LogP contribution in [0.15, 0.2) is 12.1 Å². The van der Waals surface area contributed by atoms with Crippen LogP contribution in [-0.2, 0) is 18.2 Å². The van der Waals surface area contributed by atoms with Crippen LogP contribution in [0.4, 0.5) is 0 Å². The average molecular weight is 206 g/mol. The largest absolute Gasteiger partial charge is 0.490 e. The second kappa shape index (κ2) is 4.11. The van der Waals surface area contributed by atoms with Gasteiger partial charge in [-0.15, -0.1) is 0 Å². The summed E-state index contributed by atoms with van der Waals surface area (Å²) in [5, 5.41) is 0. The van der Waals surface area contributed by atoms with Gasteiger partial charge in [-0.2, -0.15) is 0 Å². The average Bonchev–Trinajstić information content (AvgIpc) is 2.53. The highest BCUT2D eigenvalue weighted by atomic mass is 16.5. The van der Waals surface area contributed by atoms with Gasteiger partial charge in [-0.05, 0) is 37.5 Å². The second-order valence-corrected chi connectivity index (χ2v) is 3.96. The van der Waals surface area contributed by atoms with Gasteiger partial charge in [0.2, 0.25) is 0 Å². The second-order valence-electron chi connectivity index (χ2n) is 3.96. The van der Waals surface area contributed by atoms with Crippen molar-refractivity contribution < 1.29 is 4.74 Å². The van der Waals surface area contributed by atoms with E-state index in [1.165, 1.54) is 17.0 Å². The summed E-state index contributed by atoms with van der Waals surface area (Å²) in [6, 6.07) is 2.24. The Morgan fingerprint density at radius 2 is 2.33 bits per heavy atom. The van der Waals surface area contributed by atoms with Crippen molar-refractivity contribution in [3.05, 3.63) is 29.1 Å². The maximum atomic E-state index is 5.67. The van der Waals surface area contributed by atoms with Crippen LogP contribution >= 0.6 is 0 Å². The molecule has 1 aliphatic carbocycles. The fraction of sp³-hybridized carbons (Fsp3) is 0.500. The Kier molecular flexibility index (Phi) is 2.82. The monoisotopic (exact) mass is 206 g/mol. The molecule has 3 nitrogen and oxygen atoms in total. The third-order valence-corrected chi connectivity index (χ3v) is 2.90. The van der Waals surface area contributed by atoms with Gasteiger partial charge in [-0.3, -0.25) is 0 Å². The molecule has 0 aromatic carbocycles. The van der Waals surface area contributed by atoms with Gasteiger partial charge < -0.3 is 15.0 Å². The first-order valence-electron chi connectivity index (χ1n) is 5.42. The van der Waals surface area contributed by atoms with Gasteiger partial charge >= 0.3 is 0 Å². The molecular weight excluding hydrogens is 188 g/mol. The lowest BCUT2D eigenvalue weighted by molar-refractivity contribution is 0.282. The molecule has 0 atom stereocenters. The molecule has 0 bridgehead atoms. The lowest BCUT2D eigenvalue weighted by Gasteiger charge is -2.17. The number of aryl methyl sites for hydroxylation is 2. The van der Waals surface area contributed by atoms with Crippen LogP contribution in [0.1, 0.15) is 23.4 Å². The van der Waals surface area contributed by atoms with Crippen molar-refractivity contribution in [3.63, 3.8) is 0 Å². The fourth-order valence-electron chi connectivity index (χ4n) is 2.07. The molecule has 2 N–H and O–H groups in total. The molecular formula is C12H18N2O. The minimum Gasteiger partial charge on any atom is -0.490 e. The van der Waals surface area contributed by atoms with Gasteiger partial charge in [0.05, 0.1) is 5.69 Å². The van der Waals surface area contributed by atoms with Crippen LogP contribution in [-0.4, -0.2) is 17.7 Å². The van der Waals surface area contributed by atoms with E-state index in [9.17, 15) is 0 Å². The summed E-state index contributed by atoms with van der Waals surface area (Å²) in [5.74, 6) is 0.998. The minimum atomic E-state index is 0.566. The molecule has 0 aliphatic heterocycles. The first kappa shape index (κ1) is 10.3. The lowest BCUT2D eigenvalue weighted by atomic mass is 10.0. The normalized spacial score (nSPS) is 14.7. The summed E-state index contributed by atoms with van der Waals surface area (Å²) >= 11 is 0. The first-order valence-corrected chi connectivity index (χ1v) is 5.42. The van der Waals surface area contributed by atoms with E-state index < -0.39 is 0 Å². The zero-order valence-electron chi connectivity index (χ0n) is 9.42. The number of aromatic nitrogens is 1. The van der Waals surface area contributed by atoms with Gasteiger partial charge in [0.25, 0.3) is 0 Å². The molecule has 0 radical (unpaired) electrons. The number of hydrogen-bond acceptors (Lipinski definition) is 2. The molecule has 0 unspecified atom stereocenters. The van der Waals surface area contributed by atoms with E-state index in [1.807, 2.05) is 0 Å². The molecule has 0 amide bonds. The maximum absolute atomic E-state index is 5.67. The van der Waals surface area contributed by atoms with Crippen molar-refractivity contribution >= 4 is 5.76 Å². The van der Waals surface area contributed by atoms with Crippen molar-refractivity contribution in [2.45, 2.75) is 19.8 Å². The molecule has 1 heterocycles. The Morgan fingerprint density at radius 1 is 1.53 bits per heavy atom.